The zero-order valence-corrected chi connectivity index (χ0v) is 18.8. The molecular weight excluding hydrogens is 453 g/mol. The molecule has 3 aromatic carbocycles. The quantitative estimate of drug-likeness (QED) is 0.394. The Bertz CT molecular complexity index is 1230. The first-order chi connectivity index (χ1) is 15.3. The number of sulfonamides is 1. The molecule has 3 aromatic rings. The number of carbonyl (C=O) groups is 1. The van der Waals surface area contributed by atoms with E-state index in [1.54, 1.807) is 42.5 Å². The Morgan fingerprint density at radius 1 is 1.09 bits per heavy atom. The molecule has 0 aliphatic carbocycles. The summed E-state index contributed by atoms with van der Waals surface area (Å²) in [5.74, 6) is -1.23. The number of hydrazone groups is 1. The monoisotopic (exact) mass is 473 g/mol. The van der Waals surface area contributed by atoms with E-state index in [2.05, 4.69) is 10.5 Å². The molecule has 1 N–H and O–H groups in total. The summed E-state index contributed by atoms with van der Waals surface area (Å²) < 4.78 is 41.5. The number of hydrogen-bond donors (Lipinski definition) is 1. The van der Waals surface area contributed by atoms with Crippen LogP contribution < -0.4 is 5.43 Å². The van der Waals surface area contributed by atoms with Crippen LogP contribution in [0.15, 0.2) is 82.8 Å². The highest BCUT2D eigenvalue weighted by atomic mass is 35.5. The van der Waals surface area contributed by atoms with Gasteiger partial charge < -0.3 is 0 Å². The van der Waals surface area contributed by atoms with Crippen molar-refractivity contribution in [1.29, 1.82) is 0 Å². The molecule has 166 valence electrons. The van der Waals surface area contributed by atoms with Crippen molar-refractivity contribution in [2.24, 2.45) is 5.10 Å². The summed E-state index contributed by atoms with van der Waals surface area (Å²) >= 11 is 5.91. The van der Waals surface area contributed by atoms with E-state index in [9.17, 15) is 17.6 Å². The second kappa shape index (κ2) is 10.5. The summed E-state index contributed by atoms with van der Waals surface area (Å²) in [6, 6.07) is 18.9. The van der Waals surface area contributed by atoms with Crippen molar-refractivity contribution in [1.82, 2.24) is 9.73 Å². The summed E-state index contributed by atoms with van der Waals surface area (Å²) in [6.45, 7) is 0.977. The lowest BCUT2D eigenvalue weighted by Gasteiger charge is -2.22. The second-order valence-corrected chi connectivity index (χ2v) is 9.40. The fourth-order valence-corrected chi connectivity index (χ4v) is 4.44. The molecule has 0 heterocycles. The fourth-order valence-electron chi connectivity index (χ4n) is 2.86. The van der Waals surface area contributed by atoms with E-state index in [1.807, 2.05) is 6.92 Å². The van der Waals surface area contributed by atoms with Gasteiger partial charge in [-0.3, -0.25) is 4.79 Å². The predicted molar refractivity (Wildman–Crippen MR) is 122 cm³/mol. The minimum Gasteiger partial charge on any atom is -0.272 e. The lowest BCUT2D eigenvalue weighted by molar-refractivity contribution is -0.121. The summed E-state index contributed by atoms with van der Waals surface area (Å²) in [5, 5.41) is 4.36. The Labute approximate surface area is 191 Å². The van der Waals surface area contributed by atoms with E-state index in [1.165, 1.54) is 36.5 Å². The van der Waals surface area contributed by atoms with E-state index in [4.69, 9.17) is 11.6 Å². The van der Waals surface area contributed by atoms with Gasteiger partial charge in [-0.05, 0) is 42.8 Å². The summed E-state index contributed by atoms with van der Waals surface area (Å²) in [5.41, 5.74) is 4.00. The Morgan fingerprint density at radius 3 is 2.50 bits per heavy atom. The molecule has 0 radical (unpaired) electrons. The van der Waals surface area contributed by atoms with Crippen LogP contribution in [0.5, 0.6) is 0 Å². The molecular formula is C23H21ClFN3O3S. The molecule has 0 spiro atoms. The molecule has 0 saturated heterocycles. The van der Waals surface area contributed by atoms with Crippen molar-refractivity contribution in [3.63, 3.8) is 0 Å². The summed E-state index contributed by atoms with van der Waals surface area (Å²) in [4.78, 5) is 12.5. The normalized spacial score (nSPS) is 11.8. The van der Waals surface area contributed by atoms with Gasteiger partial charge in [0.25, 0.3) is 5.91 Å². The van der Waals surface area contributed by atoms with Gasteiger partial charge in [-0.1, -0.05) is 59.6 Å². The first kappa shape index (κ1) is 23.6. The topological polar surface area (TPSA) is 78.8 Å². The largest absolute Gasteiger partial charge is 0.272 e. The number of benzene rings is 3. The van der Waals surface area contributed by atoms with Crippen LogP contribution in [0.4, 0.5) is 4.39 Å². The molecule has 0 atom stereocenters. The van der Waals surface area contributed by atoms with Crippen molar-refractivity contribution in [2.75, 3.05) is 6.54 Å². The zero-order chi connectivity index (χ0) is 23.1. The molecule has 0 aliphatic rings. The van der Waals surface area contributed by atoms with Gasteiger partial charge in [0.15, 0.2) is 0 Å². The number of rotatable bonds is 8. The number of hydrogen-bond acceptors (Lipinski definition) is 4. The average molecular weight is 474 g/mol. The van der Waals surface area contributed by atoms with Crippen LogP contribution in [0.2, 0.25) is 5.02 Å². The standard InChI is InChI=1S/C23H21ClFN3O3S/c1-17-9-11-21(12-10-17)32(30,31)28(15-19-6-2-3-8-22(19)25)16-23(29)27-26-14-18-5-4-7-20(24)13-18/h2-14H,15-16H2,1H3,(H,27,29). The number of aryl methyl sites for hydroxylation is 1. The summed E-state index contributed by atoms with van der Waals surface area (Å²) in [7, 11) is -4.07. The lowest BCUT2D eigenvalue weighted by Crippen LogP contribution is -2.39. The Balaban J connectivity index is 1.81. The number of nitrogens with zero attached hydrogens (tertiary/aromatic N) is 2. The van der Waals surface area contributed by atoms with Crippen molar-refractivity contribution in [2.45, 2.75) is 18.4 Å². The smallest absolute Gasteiger partial charge is 0.255 e. The number of carbonyl (C=O) groups excluding carboxylic acids is 1. The van der Waals surface area contributed by atoms with Crippen LogP contribution in [0.3, 0.4) is 0 Å². The minimum atomic E-state index is -4.07. The number of halogens is 2. The first-order valence-electron chi connectivity index (χ1n) is 9.63. The molecule has 0 bridgehead atoms. The summed E-state index contributed by atoms with van der Waals surface area (Å²) in [6.07, 6.45) is 1.39. The molecule has 6 nitrogen and oxygen atoms in total. The third-order valence-corrected chi connectivity index (χ3v) is 6.58. The molecule has 0 aromatic heterocycles. The lowest BCUT2D eigenvalue weighted by atomic mass is 10.2. The Hall–Kier alpha value is -3.07. The third-order valence-electron chi connectivity index (χ3n) is 4.53. The molecule has 0 fully saturated rings. The van der Waals surface area contributed by atoms with Gasteiger partial charge in [-0.2, -0.15) is 9.41 Å². The highest BCUT2D eigenvalue weighted by Gasteiger charge is 2.27. The first-order valence-corrected chi connectivity index (χ1v) is 11.5. The molecule has 0 unspecified atom stereocenters. The van der Waals surface area contributed by atoms with Gasteiger partial charge in [0.1, 0.15) is 5.82 Å². The van der Waals surface area contributed by atoms with Crippen LogP contribution in [0.25, 0.3) is 0 Å². The highest BCUT2D eigenvalue weighted by molar-refractivity contribution is 7.89. The fraction of sp³-hybridized carbons (Fsp3) is 0.130. The van der Waals surface area contributed by atoms with Crippen molar-refractivity contribution < 1.29 is 17.6 Å². The maximum absolute atomic E-state index is 14.2. The molecule has 32 heavy (non-hydrogen) atoms. The molecule has 1 amide bonds. The SMILES string of the molecule is Cc1ccc(S(=O)(=O)N(CC(=O)NN=Cc2cccc(Cl)c2)Cc2ccccc2F)cc1. The maximum Gasteiger partial charge on any atom is 0.255 e. The van der Waals surface area contributed by atoms with E-state index < -0.39 is 28.3 Å². The molecule has 0 saturated carbocycles. The van der Waals surface area contributed by atoms with Crippen LogP contribution in [0.1, 0.15) is 16.7 Å². The maximum atomic E-state index is 14.2. The Kier molecular flexibility index (Phi) is 7.74. The zero-order valence-electron chi connectivity index (χ0n) is 17.2. The minimum absolute atomic E-state index is 0.00895. The van der Waals surface area contributed by atoms with E-state index >= 15 is 0 Å². The van der Waals surface area contributed by atoms with Crippen LogP contribution >= 0.6 is 11.6 Å². The van der Waals surface area contributed by atoms with Crippen molar-refractivity contribution >= 4 is 33.7 Å². The second-order valence-electron chi connectivity index (χ2n) is 7.03. The van der Waals surface area contributed by atoms with Gasteiger partial charge in [0, 0.05) is 17.1 Å². The van der Waals surface area contributed by atoms with E-state index in [0.29, 0.717) is 10.6 Å². The number of amides is 1. The van der Waals surface area contributed by atoms with Crippen molar-refractivity contribution in [3.05, 3.63) is 100 Å². The molecule has 9 heteroatoms. The highest BCUT2D eigenvalue weighted by Crippen LogP contribution is 2.20. The molecule has 0 aliphatic heterocycles. The van der Waals surface area contributed by atoms with Gasteiger partial charge in [0.2, 0.25) is 10.0 Å². The predicted octanol–water partition coefficient (Wildman–Crippen LogP) is 4.13. The Morgan fingerprint density at radius 2 is 1.81 bits per heavy atom. The van der Waals surface area contributed by atoms with Gasteiger partial charge in [-0.25, -0.2) is 18.2 Å². The van der Waals surface area contributed by atoms with Crippen LogP contribution in [-0.4, -0.2) is 31.4 Å². The average Bonchev–Trinajstić information content (AvgIpc) is 2.75. The van der Waals surface area contributed by atoms with Gasteiger partial charge in [0.05, 0.1) is 17.7 Å². The van der Waals surface area contributed by atoms with E-state index in [0.717, 1.165) is 9.87 Å². The van der Waals surface area contributed by atoms with Crippen molar-refractivity contribution in [3.8, 4) is 0 Å². The van der Waals surface area contributed by atoms with Gasteiger partial charge in [-0.15, -0.1) is 0 Å². The number of nitrogens with one attached hydrogen (secondary N) is 1. The van der Waals surface area contributed by atoms with Crippen LogP contribution in [-0.2, 0) is 21.4 Å². The van der Waals surface area contributed by atoms with E-state index in [-0.39, 0.29) is 17.0 Å². The molecule has 3 rings (SSSR count). The van der Waals surface area contributed by atoms with Crippen LogP contribution in [0, 0.1) is 12.7 Å². The third kappa shape index (κ3) is 6.23. The van der Waals surface area contributed by atoms with Gasteiger partial charge >= 0.3 is 0 Å².